The molecule has 7 heteroatoms. The molecule has 152 valence electrons. The smallest absolute Gasteiger partial charge is 0.256 e. The van der Waals surface area contributed by atoms with E-state index < -0.39 is 0 Å². The van der Waals surface area contributed by atoms with Crippen molar-refractivity contribution in [2.24, 2.45) is 5.41 Å². The molecule has 0 bridgehead atoms. The molecule has 7 nitrogen and oxygen atoms in total. The van der Waals surface area contributed by atoms with Gasteiger partial charge in [0.05, 0.1) is 17.5 Å². The maximum absolute atomic E-state index is 12.8. The number of H-pyrrole nitrogens is 1. The molecule has 1 aliphatic rings. The van der Waals surface area contributed by atoms with E-state index in [0.717, 1.165) is 24.1 Å². The Morgan fingerprint density at radius 3 is 2.93 bits per heavy atom. The Balaban J connectivity index is 1.36. The van der Waals surface area contributed by atoms with Crippen molar-refractivity contribution in [2.75, 3.05) is 6.54 Å². The average molecular weight is 401 g/mol. The number of carbonyl (C=O) groups excluding carboxylic acids is 2. The zero-order valence-corrected chi connectivity index (χ0v) is 17.0. The van der Waals surface area contributed by atoms with E-state index in [9.17, 15) is 9.59 Å². The molecule has 0 saturated carbocycles. The number of rotatable bonds is 4. The molecule has 0 unspecified atom stereocenters. The highest BCUT2D eigenvalue weighted by atomic mass is 16.1. The summed E-state index contributed by atoms with van der Waals surface area (Å²) in [4.78, 5) is 32.9. The Morgan fingerprint density at radius 2 is 2.07 bits per heavy atom. The second-order valence-corrected chi connectivity index (χ2v) is 8.72. The summed E-state index contributed by atoms with van der Waals surface area (Å²) in [6.07, 6.45) is 7.05. The van der Waals surface area contributed by atoms with E-state index in [1.54, 1.807) is 10.7 Å². The first-order valence-electron chi connectivity index (χ1n) is 10.1. The van der Waals surface area contributed by atoms with Crippen molar-refractivity contribution in [3.63, 3.8) is 0 Å². The fourth-order valence-corrected chi connectivity index (χ4v) is 4.33. The lowest BCUT2D eigenvalue weighted by atomic mass is 9.76. The lowest BCUT2D eigenvalue weighted by Gasteiger charge is -2.29. The van der Waals surface area contributed by atoms with Gasteiger partial charge >= 0.3 is 0 Å². The van der Waals surface area contributed by atoms with Crippen LogP contribution in [-0.4, -0.2) is 37.8 Å². The standard InChI is InChI=1S/C23H23N5O2/c1-23(2)9-19-16(20(29)10-23)12-26-21-17(13-27-28(19)21)22(30)24-8-7-14-11-25-18-6-4-3-5-15(14)18/h3-6,11-13,25H,7-10H2,1-2H3,(H,24,30). The van der Waals surface area contributed by atoms with Crippen LogP contribution in [0.5, 0.6) is 0 Å². The number of hydrogen-bond acceptors (Lipinski definition) is 4. The third kappa shape index (κ3) is 3.07. The Kier molecular flexibility index (Phi) is 4.20. The minimum atomic E-state index is -0.210. The molecule has 3 heterocycles. The third-order valence-corrected chi connectivity index (χ3v) is 5.81. The number of aromatic amines is 1. The van der Waals surface area contributed by atoms with E-state index in [1.807, 2.05) is 24.4 Å². The number of Topliss-reactive ketones (excluding diaryl/α,β-unsaturated/α-hetero) is 1. The topological polar surface area (TPSA) is 92.1 Å². The van der Waals surface area contributed by atoms with Crippen LogP contribution >= 0.6 is 0 Å². The fourth-order valence-electron chi connectivity index (χ4n) is 4.33. The van der Waals surface area contributed by atoms with Crippen molar-refractivity contribution in [3.05, 3.63) is 65.2 Å². The molecular formula is C23H23N5O2. The number of ketones is 1. The number of aromatic nitrogens is 4. The second kappa shape index (κ2) is 6.79. The van der Waals surface area contributed by atoms with Gasteiger partial charge < -0.3 is 10.3 Å². The van der Waals surface area contributed by atoms with E-state index in [2.05, 4.69) is 40.3 Å². The molecule has 3 aromatic heterocycles. The Morgan fingerprint density at radius 1 is 1.23 bits per heavy atom. The summed E-state index contributed by atoms with van der Waals surface area (Å²) in [5.41, 5.74) is 4.48. The predicted octanol–water partition coefficient (Wildman–Crippen LogP) is 3.34. The molecule has 5 rings (SSSR count). The maximum Gasteiger partial charge on any atom is 0.256 e. The number of nitrogens with one attached hydrogen (secondary N) is 2. The average Bonchev–Trinajstić information content (AvgIpc) is 3.32. The number of nitrogens with zero attached hydrogens (tertiary/aromatic N) is 3. The molecule has 0 spiro atoms. The summed E-state index contributed by atoms with van der Waals surface area (Å²) in [7, 11) is 0. The number of hydrogen-bond donors (Lipinski definition) is 2. The van der Waals surface area contributed by atoms with E-state index >= 15 is 0 Å². The molecule has 1 aliphatic carbocycles. The molecule has 0 aliphatic heterocycles. The van der Waals surface area contributed by atoms with Crippen LogP contribution in [0.15, 0.2) is 42.9 Å². The van der Waals surface area contributed by atoms with Gasteiger partial charge in [0.25, 0.3) is 5.91 Å². The van der Waals surface area contributed by atoms with Crippen molar-refractivity contribution in [3.8, 4) is 0 Å². The van der Waals surface area contributed by atoms with Gasteiger partial charge in [0.1, 0.15) is 5.56 Å². The number of para-hydroxylation sites is 1. The zero-order chi connectivity index (χ0) is 20.9. The van der Waals surface area contributed by atoms with E-state index in [4.69, 9.17) is 0 Å². The van der Waals surface area contributed by atoms with E-state index in [0.29, 0.717) is 29.7 Å². The Bertz CT molecular complexity index is 1300. The van der Waals surface area contributed by atoms with Crippen LogP contribution in [0, 0.1) is 5.41 Å². The predicted molar refractivity (Wildman–Crippen MR) is 114 cm³/mol. The summed E-state index contributed by atoms with van der Waals surface area (Å²) >= 11 is 0. The van der Waals surface area contributed by atoms with Gasteiger partial charge in [0.15, 0.2) is 11.4 Å². The van der Waals surface area contributed by atoms with Gasteiger partial charge in [-0.2, -0.15) is 5.10 Å². The number of carbonyl (C=O) groups is 2. The molecule has 0 atom stereocenters. The van der Waals surface area contributed by atoms with Crippen molar-refractivity contribution in [1.29, 1.82) is 0 Å². The summed E-state index contributed by atoms with van der Waals surface area (Å²) in [5.74, 6) is -0.130. The molecule has 0 radical (unpaired) electrons. The lowest BCUT2D eigenvalue weighted by molar-refractivity contribution is 0.0907. The second-order valence-electron chi connectivity index (χ2n) is 8.72. The highest BCUT2D eigenvalue weighted by Gasteiger charge is 2.33. The Hall–Kier alpha value is -3.48. The Labute approximate surface area is 173 Å². The van der Waals surface area contributed by atoms with Gasteiger partial charge in [-0.1, -0.05) is 32.0 Å². The monoisotopic (exact) mass is 401 g/mol. The highest BCUT2D eigenvalue weighted by Crippen LogP contribution is 2.34. The van der Waals surface area contributed by atoms with Crippen LogP contribution in [0.1, 0.15) is 52.2 Å². The van der Waals surface area contributed by atoms with Gasteiger partial charge in [-0.3, -0.25) is 9.59 Å². The maximum atomic E-state index is 12.8. The lowest BCUT2D eigenvalue weighted by Crippen LogP contribution is -2.29. The largest absolute Gasteiger partial charge is 0.361 e. The zero-order valence-electron chi connectivity index (χ0n) is 17.0. The van der Waals surface area contributed by atoms with Gasteiger partial charge in [-0.25, -0.2) is 9.50 Å². The van der Waals surface area contributed by atoms with Crippen molar-refractivity contribution < 1.29 is 9.59 Å². The first kappa shape index (κ1) is 18.5. The van der Waals surface area contributed by atoms with Crippen LogP contribution in [0.3, 0.4) is 0 Å². The molecule has 1 aromatic carbocycles. The number of benzene rings is 1. The van der Waals surface area contributed by atoms with Crippen LogP contribution < -0.4 is 5.32 Å². The van der Waals surface area contributed by atoms with E-state index in [1.165, 1.54) is 17.1 Å². The molecule has 0 saturated heterocycles. The molecule has 30 heavy (non-hydrogen) atoms. The van der Waals surface area contributed by atoms with Gasteiger partial charge in [-0.15, -0.1) is 0 Å². The van der Waals surface area contributed by atoms with Crippen LogP contribution in [0.2, 0.25) is 0 Å². The van der Waals surface area contributed by atoms with Gasteiger partial charge in [0, 0.05) is 36.3 Å². The van der Waals surface area contributed by atoms with Gasteiger partial charge in [0.2, 0.25) is 0 Å². The summed E-state index contributed by atoms with van der Waals surface area (Å²) in [5, 5.41) is 8.53. The molecule has 0 fully saturated rings. The van der Waals surface area contributed by atoms with E-state index in [-0.39, 0.29) is 17.1 Å². The third-order valence-electron chi connectivity index (χ3n) is 5.81. The highest BCUT2D eigenvalue weighted by molar-refractivity contribution is 6.01. The first-order chi connectivity index (χ1) is 14.4. The number of amides is 1. The first-order valence-corrected chi connectivity index (χ1v) is 10.1. The SMILES string of the molecule is CC1(C)CC(=O)c2cnc3c(C(=O)NCCc4c[nH]c5ccccc45)cnn3c2C1. The van der Waals surface area contributed by atoms with Crippen LogP contribution in [0.25, 0.3) is 16.6 Å². The molecule has 4 aromatic rings. The number of fused-ring (bicyclic) bond motifs is 4. The van der Waals surface area contributed by atoms with Crippen molar-refractivity contribution >= 4 is 28.2 Å². The van der Waals surface area contributed by atoms with Crippen molar-refractivity contribution in [1.82, 2.24) is 24.9 Å². The summed E-state index contributed by atoms with van der Waals surface area (Å²) in [6.45, 7) is 4.65. The minimum Gasteiger partial charge on any atom is -0.361 e. The van der Waals surface area contributed by atoms with Crippen molar-refractivity contribution in [2.45, 2.75) is 33.1 Å². The fraction of sp³-hybridized carbons (Fsp3) is 0.304. The summed E-state index contributed by atoms with van der Waals surface area (Å²) in [6, 6.07) is 8.12. The van der Waals surface area contributed by atoms with Gasteiger partial charge in [-0.05, 0) is 29.9 Å². The van der Waals surface area contributed by atoms with Crippen LogP contribution in [0.4, 0.5) is 0 Å². The molecule has 1 amide bonds. The summed E-state index contributed by atoms with van der Waals surface area (Å²) < 4.78 is 1.66. The minimum absolute atomic E-state index is 0.0795. The quantitative estimate of drug-likeness (QED) is 0.549. The molecular weight excluding hydrogens is 378 g/mol. The normalized spacial score (nSPS) is 15.5. The van der Waals surface area contributed by atoms with Crippen LogP contribution in [-0.2, 0) is 12.8 Å². The molecule has 2 N–H and O–H groups in total.